The maximum Gasteiger partial charge on any atom is 0.224 e. The molecule has 0 spiro atoms. The van der Waals surface area contributed by atoms with Gasteiger partial charge in [0.1, 0.15) is 5.15 Å². The standard InChI is InChI=1S/C21H14Cl2N2/c1-21(2)16-14(18-17(21)19(22)25-20(23)24-18)10-9-12-8-7-11-5-3-4-6-13(11)15(12)16/h3-10H,1-2H3. The van der Waals surface area contributed by atoms with Crippen molar-refractivity contribution >= 4 is 44.7 Å². The van der Waals surface area contributed by atoms with Crippen LogP contribution in [0.2, 0.25) is 10.4 Å². The Morgan fingerprint density at radius 1 is 0.800 bits per heavy atom. The van der Waals surface area contributed by atoms with E-state index in [4.69, 9.17) is 23.2 Å². The maximum atomic E-state index is 6.48. The van der Waals surface area contributed by atoms with Crippen LogP contribution in [-0.4, -0.2) is 9.97 Å². The molecule has 1 aliphatic carbocycles. The monoisotopic (exact) mass is 364 g/mol. The Morgan fingerprint density at radius 2 is 1.52 bits per heavy atom. The molecule has 0 saturated carbocycles. The van der Waals surface area contributed by atoms with E-state index >= 15 is 0 Å². The molecule has 5 rings (SSSR count). The number of fused-ring (bicyclic) bond motifs is 7. The Labute approximate surface area is 155 Å². The maximum absolute atomic E-state index is 6.48. The molecule has 4 aromatic rings. The van der Waals surface area contributed by atoms with Gasteiger partial charge in [-0.05, 0) is 38.7 Å². The van der Waals surface area contributed by atoms with Gasteiger partial charge < -0.3 is 0 Å². The predicted molar refractivity (Wildman–Crippen MR) is 105 cm³/mol. The second kappa shape index (κ2) is 4.94. The van der Waals surface area contributed by atoms with E-state index in [2.05, 4.69) is 72.3 Å². The Kier molecular flexibility index (Phi) is 2.99. The van der Waals surface area contributed by atoms with E-state index < -0.39 is 0 Å². The van der Waals surface area contributed by atoms with Gasteiger partial charge in [-0.1, -0.05) is 74.0 Å². The molecule has 1 heterocycles. The molecule has 1 aliphatic rings. The molecular formula is C21H14Cl2N2. The van der Waals surface area contributed by atoms with Crippen molar-refractivity contribution in [3.63, 3.8) is 0 Å². The molecule has 0 aliphatic heterocycles. The molecular weight excluding hydrogens is 351 g/mol. The number of benzene rings is 3. The largest absolute Gasteiger partial charge is 0.224 e. The lowest BCUT2D eigenvalue weighted by atomic mass is 9.79. The first-order valence-electron chi connectivity index (χ1n) is 8.17. The smallest absolute Gasteiger partial charge is 0.217 e. The van der Waals surface area contributed by atoms with Gasteiger partial charge in [-0.3, -0.25) is 0 Å². The first kappa shape index (κ1) is 15.1. The molecule has 0 saturated heterocycles. The van der Waals surface area contributed by atoms with Crippen LogP contribution in [0.3, 0.4) is 0 Å². The summed E-state index contributed by atoms with van der Waals surface area (Å²) in [4.78, 5) is 8.69. The van der Waals surface area contributed by atoms with Crippen LogP contribution in [0, 0.1) is 0 Å². The van der Waals surface area contributed by atoms with E-state index in [0.29, 0.717) is 5.15 Å². The van der Waals surface area contributed by atoms with Crippen LogP contribution in [0.1, 0.15) is 25.0 Å². The summed E-state index contributed by atoms with van der Waals surface area (Å²) >= 11 is 12.6. The number of halogens is 2. The summed E-state index contributed by atoms with van der Waals surface area (Å²) in [6.45, 7) is 4.37. The summed E-state index contributed by atoms with van der Waals surface area (Å²) in [5.74, 6) is 0. The topological polar surface area (TPSA) is 25.8 Å². The molecule has 2 nitrogen and oxygen atoms in total. The quantitative estimate of drug-likeness (QED) is 0.205. The fourth-order valence-corrected chi connectivity index (χ4v) is 4.84. The summed E-state index contributed by atoms with van der Waals surface area (Å²) in [7, 11) is 0. The number of nitrogens with zero attached hydrogens (tertiary/aromatic N) is 2. The van der Waals surface area contributed by atoms with Gasteiger partial charge in [-0.25, -0.2) is 9.97 Å². The summed E-state index contributed by atoms with van der Waals surface area (Å²) < 4.78 is 0. The molecule has 0 bridgehead atoms. The summed E-state index contributed by atoms with van der Waals surface area (Å²) in [5.41, 5.74) is 3.84. The third kappa shape index (κ3) is 1.92. The van der Waals surface area contributed by atoms with Gasteiger partial charge >= 0.3 is 0 Å². The van der Waals surface area contributed by atoms with Crippen LogP contribution in [-0.2, 0) is 5.41 Å². The van der Waals surface area contributed by atoms with Gasteiger partial charge in [-0.2, -0.15) is 0 Å². The molecule has 0 radical (unpaired) electrons. The number of rotatable bonds is 0. The van der Waals surface area contributed by atoms with E-state index in [0.717, 1.165) is 16.8 Å². The summed E-state index contributed by atoms with van der Waals surface area (Å²) in [6.07, 6.45) is 0. The van der Waals surface area contributed by atoms with E-state index in [1.165, 1.54) is 27.1 Å². The third-order valence-corrected chi connectivity index (χ3v) is 5.70. The molecule has 1 aromatic heterocycles. The van der Waals surface area contributed by atoms with Crippen molar-refractivity contribution in [3.8, 4) is 11.3 Å². The average Bonchev–Trinajstić information content (AvgIpc) is 2.82. The van der Waals surface area contributed by atoms with Crippen molar-refractivity contribution in [1.82, 2.24) is 9.97 Å². The highest BCUT2D eigenvalue weighted by molar-refractivity contribution is 6.33. The van der Waals surface area contributed by atoms with Crippen molar-refractivity contribution < 1.29 is 0 Å². The van der Waals surface area contributed by atoms with Crippen LogP contribution < -0.4 is 0 Å². The van der Waals surface area contributed by atoms with Gasteiger partial charge in [0, 0.05) is 16.5 Å². The van der Waals surface area contributed by atoms with Crippen LogP contribution in [0.4, 0.5) is 0 Å². The van der Waals surface area contributed by atoms with Crippen LogP contribution in [0.5, 0.6) is 0 Å². The highest BCUT2D eigenvalue weighted by atomic mass is 35.5. The minimum absolute atomic E-state index is 0.186. The minimum Gasteiger partial charge on any atom is -0.217 e. The first-order chi connectivity index (χ1) is 12.0. The zero-order valence-electron chi connectivity index (χ0n) is 13.8. The van der Waals surface area contributed by atoms with E-state index in [1.807, 2.05) is 0 Å². The van der Waals surface area contributed by atoms with Crippen molar-refractivity contribution in [2.75, 3.05) is 0 Å². The zero-order chi connectivity index (χ0) is 17.3. The van der Waals surface area contributed by atoms with Gasteiger partial charge in [0.15, 0.2) is 0 Å². The lowest BCUT2D eigenvalue weighted by Gasteiger charge is -2.24. The number of aromatic nitrogens is 2. The van der Waals surface area contributed by atoms with E-state index in [-0.39, 0.29) is 10.7 Å². The lowest BCUT2D eigenvalue weighted by molar-refractivity contribution is 0.661. The van der Waals surface area contributed by atoms with Crippen molar-refractivity contribution in [2.24, 2.45) is 0 Å². The molecule has 0 atom stereocenters. The third-order valence-electron chi connectivity index (χ3n) is 5.25. The number of hydrogen-bond acceptors (Lipinski definition) is 2. The number of hydrogen-bond donors (Lipinski definition) is 0. The highest BCUT2D eigenvalue weighted by Gasteiger charge is 2.41. The molecule has 122 valence electrons. The Hall–Kier alpha value is -2.16. The molecule has 0 fully saturated rings. The highest BCUT2D eigenvalue weighted by Crippen LogP contribution is 2.53. The van der Waals surface area contributed by atoms with Crippen LogP contribution in [0.15, 0.2) is 48.5 Å². The second-order valence-corrected chi connectivity index (χ2v) is 7.70. The van der Waals surface area contributed by atoms with E-state index in [1.54, 1.807) is 0 Å². The summed E-state index contributed by atoms with van der Waals surface area (Å²) in [6, 6.07) is 17.1. The fourth-order valence-electron chi connectivity index (χ4n) is 4.23. The Balaban J connectivity index is 2.03. The molecule has 4 heteroatoms. The van der Waals surface area contributed by atoms with Crippen LogP contribution >= 0.6 is 23.2 Å². The molecule has 0 unspecified atom stereocenters. The van der Waals surface area contributed by atoms with Crippen molar-refractivity contribution in [3.05, 3.63) is 70.1 Å². The second-order valence-electron chi connectivity index (χ2n) is 7.00. The molecule has 3 aromatic carbocycles. The van der Waals surface area contributed by atoms with Gasteiger partial charge in [0.05, 0.1) is 5.69 Å². The SMILES string of the molecule is CC1(C)c2c(Cl)nc(Cl)nc2-c2ccc3ccc4ccccc4c3c21. The first-order valence-corrected chi connectivity index (χ1v) is 8.93. The Bertz CT molecular complexity index is 1200. The summed E-state index contributed by atoms with van der Waals surface area (Å²) in [5, 5.41) is 5.56. The molecule has 0 amide bonds. The predicted octanol–water partition coefficient (Wildman–Crippen LogP) is 6.40. The van der Waals surface area contributed by atoms with Gasteiger partial charge in [-0.15, -0.1) is 0 Å². The fraction of sp³-hybridized carbons (Fsp3) is 0.143. The van der Waals surface area contributed by atoms with Crippen molar-refractivity contribution in [2.45, 2.75) is 19.3 Å². The molecule has 25 heavy (non-hydrogen) atoms. The van der Waals surface area contributed by atoms with Crippen molar-refractivity contribution in [1.29, 1.82) is 0 Å². The lowest BCUT2D eigenvalue weighted by Crippen LogP contribution is -2.17. The van der Waals surface area contributed by atoms with Gasteiger partial charge in [0.2, 0.25) is 5.28 Å². The average molecular weight is 365 g/mol. The van der Waals surface area contributed by atoms with Crippen LogP contribution in [0.25, 0.3) is 32.8 Å². The Morgan fingerprint density at radius 3 is 2.36 bits per heavy atom. The van der Waals surface area contributed by atoms with Gasteiger partial charge in [0.25, 0.3) is 0 Å². The zero-order valence-corrected chi connectivity index (χ0v) is 15.3. The minimum atomic E-state index is -0.296. The normalized spacial score (nSPS) is 14.7. The van der Waals surface area contributed by atoms with E-state index in [9.17, 15) is 0 Å². The molecule has 0 N–H and O–H groups in total.